The van der Waals surface area contributed by atoms with E-state index in [0.29, 0.717) is 18.3 Å². The maximum absolute atomic E-state index is 9.55. The molecule has 0 fully saturated rings. The highest BCUT2D eigenvalue weighted by atomic mass is 16.5. The Morgan fingerprint density at radius 2 is 1.69 bits per heavy atom. The van der Waals surface area contributed by atoms with E-state index in [0.717, 1.165) is 19.5 Å². The molecule has 1 aromatic carbocycles. The number of hydrogen-bond donors (Lipinski definition) is 3. The molecule has 0 amide bonds. The topological polar surface area (TPSA) is 95.9 Å². The summed E-state index contributed by atoms with van der Waals surface area (Å²) in [6, 6.07) is 4.72. The molecule has 0 spiro atoms. The van der Waals surface area contributed by atoms with Gasteiger partial charge in [-0.2, -0.15) is 0 Å². The summed E-state index contributed by atoms with van der Waals surface area (Å²) in [6.07, 6.45) is 8.67. The predicted molar refractivity (Wildman–Crippen MR) is 98.8 cm³/mol. The Balaban J connectivity index is 0.000000260. The number of aryl methyl sites for hydroxylation is 1. The number of aliphatic carboxylic acids is 2. The zero-order valence-electron chi connectivity index (χ0n) is 15.2. The van der Waals surface area contributed by atoms with Gasteiger partial charge in [0.15, 0.2) is 0 Å². The average molecular weight is 361 g/mol. The van der Waals surface area contributed by atoms with E-state index in [1.807, 2.05) is 0 Å². The molecule has 6 nitrogen and oxygen atoms in total. The normalized spacial score (nSPS) is 18.6. The lowest BCUT2D eigenvalue weighted by Crippen LogP contribution is -2.22. The molecule has 3 N–H and O–H groups in total. The van der Waals surface area contributed by atoms with Crippen molar-refractivity contribution in [2.45, 2.75) is 51.6 Å². The summed E-state index contributed by atoms with van der Waals surface area (Å²) in [5.41, 5.74) is 4.47. The second-order valence-electron chi connectivity index (χ2n) is 6.56. The molecule has 1 atom stereocenters. The first-order chi connectivity index (χ1) is 12.5. The van der Waals surface area contributed by atoms with Gasteiger partial charge in [0.05, 0.1) is 6.10 Å². The van der Waals surface area contributed by atoms with Gasteiger partial charge in [-0.25, -0.2) is 9.59 Å². The molecule has 1 aromatic rings. The highest BCUT2D eigenvalue weighted by Gasteiger charge is 2.21. The molecular formula is C20H27NO5. The molecular weight excluding hydrogens is 334 g/mol. The molecule has 0 aromatic heterocycles. The first kappa shape index (κ1) is 20.0. The molecule has 1 unspecified atom stereocenters. The Kier molecular flexibility index (Phi) is 7.66. The Morgan fingerprint density at radius 3 is 2.27 bits per heavy atom. The number of rotatable bonds is 4. The molecule has 142 valence electrons. The van der Waals surface area contributed by atoms with Gasteiger partial charge in [0.1, 0.15) is 5.75 Å². The van der Waals surface area contributed by atoms with Gasteiger partial charge in [-0.05, 0) is 68.0 Å². The van der Waals surface area contributed by atoms with E-state index in [-0.39, 0.29) is 0 Å². The number of carboxylic acid groups (broad SMARTS) is 2. The zero-order valence-corrected chi connectivity index (χ0v) is 15.2. The lowest BCUT2D eigenvalue weighted by atomic mass is 9.93. The van der Waals surface area contributed by atoms with Crippen molar-refractivity contribution < 1.29 is 24.5 Å². The zero-order chi connectivity index (χ0) is 18.9. The van der Waals surface area contributed by atoms with Crippen LogP contribution in [-0.2, 0) is 28.9 Å². The van der Waals surface area contributed by atoms with Gasteiger partial charge in [-0.3, -0.25) is 0 Å². The lowest BCUT2D eigenvalue weighted by Gasteiger charge is -2.27. The lowest BCUT2D eigenvalue weighted by molar-refractivity contribution is -0.134. The van der Waals surface area contributed by atoms with E-state index in [1.54, 1.807) is 0 Å². The minimum absolute atomic E-state index is 0.449. The van der Waals surface area contributed by atoms with Crippen LogP contribution in [-0.4, -0.2) is 41.3 Å². The summed E-state index contributed by atoms with van der Waals surface area (Å²) < 4.78 is 6.16. The number of fused-ring (bicyclic) bond motifs is 2. The molecule has 0 aliphatic carbocycles. The van der Waals surface area contributed by atoms with Crippen molar-refractivity contribution in [1.29, 1.82) is 0 Å². The van der Waals surface area contributed by atoms with Crippen LogP contribution in [0.4, 0.5) is 0 Å². The van der Waals surface area contributed by atoms with Crippen LogP contribution in [0, 0.1) is 0 Å². The summed E-state index contributed by atoms with van der Waals surface area (Å²) in [4.78, 5) is 19.1. The van der Waals surface area contributed by atoms with E-state index < -0.39 is 11.9 Å². The molecule has 0 bridgehead atoms. The first-order valence-corrected chi connectivity index (χ1v) is 9.15. The number of carboxylic acids is 2. The van der Waals surface area contributed by atoms with Crippen LogP contribution in [0.15, 0.2) is 24.3 Å². The Labute approximate surface area is 153 Å². The predicted octanol–water partition coefficient (Wildman–Crippen LogP) is 2.58. The number of benzene rings is 1. The van der Waals surface area contributed by atoms with Crippen molar-refractivity contribution in [2.24, 2.45) is 0 Å². The monoisotopic (exact) mass is 361 g/mol. The van der Waals surface area contributed by atoms with Crippen LogP contribution in [0.3, 0.4) is 0 Å². The molecule has 3 rings (SSSR count). The second-order valence-corrected chi connectivity index (χ2v) is 6.56. The maximum atomic E-state index is 9.55. The average Bonchev–Trinajstić information content (AvgIpc) is 2.83. The van der Waals surface area contributed by atoms with Crippen LogP contribution in [0.25, 0.3) is 0 Å². The quantitative estimate of drug-likeness (QED) is 0.714. The highest BCUT2D eigenvalue weighted by molar-refractivity contribution is 5.89. The van der Waals surface area contributed by atoms with E-state index in [9.17, 15) is 9.59 Å². The molecule has 26 heavy (non-hydrogen) atoms. The molecule has 2 aliphatic heterocycles. The van der Waals surface area contributed by atoms with Crippen molar-refractivity contribution in [1.82, 2.24) is 5.32 Å². The molecule has 2 heterocycles. The van der Waals surface area contributed by atoms with Crippen LogP contribution in [0.2, 0.25) is 0 Å². The summed E-state index contributed by atoms with van der Waals surface area (Å²) >= 11 is 0. The smallest absolute Gasteiger partial charge is 0.328 e. The fraction of sp³-hybridized carbons (Fsp3) is 0.500. The minimum atomic E-state index is -1.26. The van der Waals surface area contributed by atoms with E-state index >= 15 is 0 Å². The standard InChI is InChI=1S/C16H23NO.C4H4O4/c1-2-3-15-5-4-14-10-12-6-8-17-9-7-13(12)11-16(14)18-15;5-3(6)1-2-4(7)8/h10-11,15,17H,2-9H2,1H3;1-2H,(H,5,6)(H,7,8)/b;2-1+. The van der Waals surface area contributed by atoms with Gasteiger partial charge >= 0.3 is 11.9 Å². The van der Waals surface area contributed by atoms with E-state index in [4.69, 9.17) is 14.9 Å². The SMILES string of the molecule is CCCC1CCc2cc3c(cc2O1)CCNCC3.O=C(O)/C=C/C(=O)O. The third kappa shape index (κ3) is 6.19. The number of carbonyl (C=O) groups is 2. The van der Waals surface area contributed by atoms with Gasteiger partial charge in [-0.15, -0.1) is 0 Å². The second kappa shape index (κ2) is 9.97. The molecule has 0 saturated carbocycles. The fourth-order valence-electron chi connectivity index (χ4n) is 3.28. The third-order valence-electron chi connectivity index (χ3n) is 4.53. The Morgan fingerprint density at radius 1 is 1.08 bits per heavy atom. The summed E-state index contributed by atoms with van der Waals surface area (Å²) in [6.45, 7) is 4.46. The summed E-state index contributed by atoms with van der Waals surface area (Å²) in [7, 11) is 0. The molecule has 0 saturated heterocycles. The van der Waals surface area contributed by atoms with Gasteiger partial charge in [0.2, 0.25) is 0 Å². The van der Waals surface area contributed by atoms with Crippen molar-refractivity contribution >= 4 is 11.9 Å². The minimum Gasteiger partial charge on any atom is -0.490 e. The molecule has 6 heteroatoms. The molecule has 0 radical (unpaired) electrons. The van der Waals surface area contributed by atoms with E-state index in [2.05, 4.69) is 24.4 Å². The van der Waals surface area contributed by atoms with Crippen molar-refractivity contribution in [2.75, 3.05) is 13.1 Å². The largest absolute Gasteiger partial charge is 0.490 e. The number of ether oxygens (including phenoxy) is 1. The third-order valence-corrected chi connectivity index (χ3v) is 4.53. The summed E-state index contributed by atoms with van der Waals surface area (Å²) in [5.74, 6) is -1.35. The van der Waals surface area contributed by atoms with Crippen molar-refractivity contribution in [3.63, 3.8) is 0 Å². The van der Waals surface area contributed by atoms with Crippen molar-refractivity contribution in [3.8, 4) is 5.75 Å². The number of nitrogens with one attached hydrogen (secondary N) is 1. The van der Waals surface area contributed by atoms with Crippen LogP contribution in [0.5, 0.6) is 5.75 Å². The van der Waals surface area contributed by atoms with Gasteiger partial charge in [0.25, 0.3) is 0 Å². The fourth-order valence-corrected chi connectivity index (χ4v) is 3.28. The van der Waals surface area contributed by atoms with Gasteiger partial charge < -0.3 is 20.3 Å². The van der Waals surface area contributed by atoms with Crippen LogP contribution >= 0.6 is 0 Å². The first-order valence-electron chi connectivity index (χ1n) is 9.15. The number of hydrogen-bond acceptors (Lipinski definition) is 4. The Hall–Kier alpha value is -2.34. The van der Waals surface area contributed by atoms with Crippen molar-refractivity contribution in [3.05, 3.63) is 41.0 Å². The maximum Gasteiger partial charge on any atom is 0.328 e. The highest BCUT2D eigenvalue weighted by Crippen LogP contribution is 2.32. The van der Waals surface area contributed by atoms with Gasteiger partial charge in [-0.1, -0.05) is 19.4 Å². The van der Waals surface area contributed by atoms with E-state index in [1.165, 1.54) is 54.5 Å². The van der Waals surface area contributed by atoms with Crippen LogP contribution < -0.4 is 10.1 Å². The summed E-state index contributed by atoms with van der Waals surface area (Å²) in [5, 5.41) is 19.1. The van der Waals surface area contributed by atoms with Crippen LogP contribution in [0.1, 0.15) is 42.9 Å². The van der Waals surface area contributed by atoms with Gasteiger partial charge in [0, 0.05) is 12.2 Å². The Bertz CT molecular complexity index is 652. The molecule has 2 aliphatic rings.